The highest BCUT2D eigenvalue weighted by atomic mass is 32.2. The summed E-state index contributed by atoms with van der Waals surface area (Å²) in [5.41, 5.74) is 1.43. The summed E-state index contributed by atoms with van der Waals surface area (Å²) >= 11 is 0. The van der Waals surface area contributed by atoms with Gasteiger partial charge in [-0.1, -0.05) is 42.5 Å². The second-order valence-corrected chi connectivity index (χ2v) is 13.6. The Balaban J connectivity index is 1.36. The van der Waals surface area contributed by atoms with Crippen molar-refractivity contribution in [3.8, 4) is 17.3 Å². The fourth-order valence-electron chi connectivity index (χ4n) is 7.39. The number of primary sulfonamides is 1. The van der Waals surface area contributed by atoms with E-state index in [1.807, 2.05) is 42.5 Å². The lowest BCUT2D eigenvalue weighted by molar-refractivity contribution is 0.107. The van der Waals surface area contributed by atoms with E-state index in [9.17, 15) is 8.42 Å². The number of halogens is 1. The molecule has 3 aliphatic heterocycles. The quantitative estimate of drug-likeness (QED) is 0.326. The van der Waals surface area contributed by atoms with Crippen LogP contribution in [0.1, 0.15) is 50.3 Å². The molecule has 3 N–H and O–H groups in total. The summed E-state index contributed by atoms with van der Waals surface area (Å²) < 4.78 is 47.2. The minimum atomic E-state index is -3.74. The fourth-order valence-corrected chi connectivity index (χ4v) is 8.35. The van der Waals surface area contributed by atoms with Crippen molar-refractivity contribution >= 4 is 31.7 Å². The van der Waals surface area contributed by atoms with E-state index in [4.69, 9.17) is 14.9 Å². The minimum absolute atomic E-state index is 0.0391. The number of nitrogens with zero attached hydrogens (tertiary/aromatic N) is 4. The Kier molecular flexibility index (Phi) is 7.08. The van der Waals surface area contributed by atoms with E-state index in [1.165, 1.54) is 0 Å². The van der Waals surface area contributed by atoms with Crippen molar-refractivity contribution in [2.45, 2.75) is 50.1 Å². The van der Waals surface area contributed by atoms with Gasteiger partial charge < -0.3 is 10.1 Å². The normalized spacial score (nSPS) is 22.5. The smallest absolute Gasteiger partial charge is 0.317 e. The van der Waals surface area contributed by atoms with E-state index in [-0.39, 0.29) is 34.4 Å². The Hall–Kier alpha value is -3.25. The maximum absolute atomic E-state index is 16.6. The average Bonchev–Trinajstić information content (AvgIpc) is 3.56. The van der Waals surface area contributed by atoms with Crippen LogP contribution < -0.4 is 15.2 Å². The highest BCUT2D eigenvalue weighted by Gasteiger charge is 2.45. The van der Waals surface area contributed by atoms with Crippen LogP contribution in [0.15, 0.2) is 48.7 Å². The van der Waals surface area contributed by atoms with Crippen LogP contribution in [0.2, 0.25) is 0 Å². The zero-order valence-electron chi connectivity index (χ0n) is 23.4. The molecule has 2 atom stereocenters. The zero-order valence-corrected chi connectivity index (χ0v) is 24.2. The first kappa shape index (κ1) is 27.6. The number of aromatic nitrogens is 3. The van der Waals surface area contributed by atoms with Gasteiger partial charge in [0.2, 0.25) is 10.0 Å². The molecule has 7 rings (SSSR count). The van der Waals surface area contributed by atoms with Gasteiger partial charge in [-0.3, -0.25) is 9.88 Å². The van der Waals surface area contributed by atoms with Crippen LogP contribution in [0.4, 0.5) is 4.39 Å². The molecule has 3 saturated heterocycles. The first-order chi connectivity index (χ1) is 20.3. The number of ether oxygens (including phenoxy) is 1. The molecule has 0 spiro atoms. The zero-order chi connectivity index (χ0) is 28.9. The van der Waals surface area contributed by atoms with Gasteiger partial charge in [-0.2, -0.15) is 9.97 Å². The third-order valence-electron chi connectivity index (χ3n) is 9.35. The predicted octanol–water partition coefficient (Wildman–Crippen LogP) is 4.32. The Morgan fingerprint density at radius 3 is 2.64 bits per heavy atom. The highest BCUT2D eigenvalue weighted by Crippen LogP contribution is 2.40. The third-order valence-corrected chi connectivity index (χ3v) is 10.2. The number of nitrogens with two attached hydrogens (primary N) is 1. The number of piperidine rings is 1. The van der Waals surface area contributed by atoms with Gasteiger partial charge in [0.1, 0.15) is 17.8 Å². The van der Waals surface area contributed by atoms with E-state index >= 15 is 4.39 Å². The monoisotopic (exact) mass is 590 g/mol. The molecule has 11 heteroatoms. The molecule has 0 radical (unpaired) electrons. The topological polar surface area (TPSA) is 123 Å². The summed E-state index contributed by atoms with van der Waals surface area (Å²) in [6.07, 6.45) is 7.42. The van der Waals surface area contributed by atoms with Gasteiger partial charge in [-0.05, 0) is 74.8 Å². The van der Waals surface area contributed by atoms with Crippen LogP contribution >= 0.6 is 0 Å². The second kappa shape index (κ2) is 10.8. The third kappa shape index (κ3) is 5.02. The first-order valence-corrected chi connectivity index (χ1v) is 16.5. The molecule has 0 bridgehead atoms. The van der Waals surface area contributed by atoms with Gasteiger partial charge in [-0.25, -0.2) is 17.9 Å². The Morgan fingerprint density at radius 2 is 1.83 bits per heavy atom. The van der Waals surface area contributed by atoms with Crippen molar-refractivity contribution in [3.05, 3.63) is 60.2 Å². The van der Waals surface area contributed by atoms with Gasteiger partial charge in [0.05, 0.1) is 23.0 Å². The summed E-state index contributed by atoms with van der Waals surface area (Å²) in [4.78, 5) is 16.5. The molecule has 3 fully saturated rings. The fraction of sp³-hybridized carbons (Fsp3) is 0.452. The molecule has 2 aromatic heterocycles. The number of sulfonamides is 1. The lowest BCUT2D eigenvalue weighted by atomic mass is 9.89. The van der Waals surface area contributed by atoms with E-state index in [2.05, 4.69) is 20.2 Å². The van der Waals surface area contributed by atoms with Gasteiger partial charge in [0.25, 0.3) is 0 Å². The lowest BCUT2D eigenvalue weighted by Crippen LogP contribution is -2.43. The molecule has 3 aliphatic rings. The van der Waals surface area contributed by atoms with Gasteiger partial charge in [0, 0.05) is 17.1 Å². The molecule has 0 saturated carbocycles. The van der Waals surface area contributed by atoms with Crippen LogP contribution in [0.3, 0.4) is 0 Å². The molecule has 0 aliphatic carbocycles. The molecule has 2 aromatic carbocycles. The first-order valence-electron chi connectivity index (χ1n) is 14.8. The number of hydrogen-bond donors (Lipinski definition) is 2. The van der Waals surface area contributed by atoms with Crippen molar-refractivity contribution in [2.75, 3.05) is 32.0 Å². The van der Waals surface area contributed by atoms with E-state index in [0.717, 1.165) is 56.0 Å². The number of fused-ring (bicyclic) bond motifs is 3. The lowest BCUT2D eigenvalue weighted by Gasteiger charge is -2.33. The maximum Gasteiger partial charge on any atom is 0.317 e. The standard InChI is InChI=1S/C31H35FN6O3S/c32-25-27(23-11-3-8-20-7-1-2-10-22(20)23)35-17-24-28(25)36-30(41-19-31-12-5-15-38(31)16-6-13-31)37-29(24)26-21(9-4-14-34-26)18-42(33,39)40/h1-3,7-8,10-11,17,21,26,34H,4-6,9,12-16,18-19H2,(H2,33,39,40). The van der Waals surface area contributed by atoms with E-state index in [1.54, 1.807) is 6.20 Å². The molecule has 0 amide bonds. The van der Waals surface area contributed by atoms with E-state index < -0.39 is 21.9 Å². The molecular formula is C31H35FN6O3S. The summed E-state index contributed by atoms with van der Waals surface area (Å²) in [7, 11) is -3.74. The number of nitrogens with one attached hydrogen (secondary N) is 1. The molecule has 5 heterocycles. The predicted molar refractivity (Wildman–Crippen MR) is 160 cm³/mol. The van der Waals surface area contributed by atoms with Gasteiger partial charge in [-0.15, -0.1) is 0 Å². The van der Waals surface area contributed by atoms with E-state index in [0.29, 0.717) is 36.2 Å². The SMILES string of the molecule is NS(=O)(=O)CC1CCCNC1c1nc(OCC23CCCN2CCC3)nc2c(F)c(-c3cccc4ccccc34)ncc12. The second-order valence-electron chi connectivity index (χ2n) is 12.0. The van der Waals surface area contributed by atoms with Crippen LogP contribution in [0.25, 0.3) is 32.9 Å². The van der Waals surface area contributed by atoms with Crippen molar-refractivity contribution in [1.82, 2.24) is 25.2 Å². The average molecular weight is 591 g/mol. The molecule has 220 valence electrons. The van der Waals surface area contributed by atoms with Crippen molar-refractivity contribution in [2.24, 2.45) is 11.1 Å². The van der Waals surface area contributed by atoms with Crippen LogP contribution in [-0.2, 0) is 10.0 Å². The van der Waals surface area contributed by atoms with Gasteiger partial charge >= 0.3 is 6.01 Å². The van der Waals surface area contributed by atoms with Crippen molar-refractivity contribution in [1.29, 1.82) is 0 Å². The molecule has 2 unspecified atom stereocenters. The number of rotatable bonds is 7. The van der Waals surface area contributed by atoms with Gasteiger partial charge in [0.15, 0.2) is 5.82 Å². The Bertz CT molecular complexity index is 1750. The molecule has 4 aromatic rings. The molecule has 9 nitrogen and oxygen atoms in total. The van der Waals surface area contributed by atoms with Crippen molar-refractivity contribution in [3.63, 3.8) is 0 Å². The Labute approximate surface area is 244 Å². The minimum Gasteiger partial charge on any atom is -0.461 e. The van der Waals surface area contributed by atoms with Crippen LogP contribution in [0, 0.1) is 11.7 Å². The van der Waals surface area contributed by atoms with Crippen LogP contribution in [-0.4, -0.2) is 65.8 Å². The maximum atomic E-state index is 16.6. The van der Waals surface area contributed by atoms with Crippen LogP contribution in [0.5, 0.6) is 6.01 Å². The summed E-state index contributed by atoms with van der Waals surface area (Å²) in [5.74, 6) is -1.09. The number of hydrogen-bond acceptors (Lipinski definition) is 8. The summed E-state index contributed by atoms with van der Waals surface area (Å²) in [6, 6.07) is 13.2. The van der Waals surface area contributed by atoms with Crippen molar-refractivity contribution < 1.29 is 17.5 Å². The summed E-state index contributed by atoms with van der Waals surface area (Å²) in [6.45, 7) is 3.22. The summed E-state index contributed by atoms with van der Waals surface area (Å²) in [5, 5.41) is 11.2. The highest BCUT2D eigenvalue weighted by molar-refractivity contribution is 7.89. The molecular weight excluding hydrogens is 555 g/mol. The number of benzene rings is 2. The largest absolute Gasteiger partial charge is 0.461 e. The Morgan fingerprint density at radius 1 is 1.05 bits per heavy atom. The molecule has 42 heavy (non-hydrogen) atoms. The number of pyridine rings is 1.